The fourth-order valence-corrected chi connectivity index (χ4v) is 3.02. The highest BCUT2D eigenvalue weighted by molar-refractivity contribution is 7.89. The smallest absolute Gasteiger partial charge is 0.342 e. The van der Waals surface area contributed by atoms with Crippen LogP contribution >= 0.6 is 0 Å². The number of amides is 1. The summed E-state index contributed by atoms with van der Waals surface area (Å²) in [5, 5.41) is 7.71. The van der Waals surface area contributed by atoms with Gasteiger partial charge >= 0.3 is 5.97 Å². The first-order chi connectivity index (χ1) is 13.4. The summed E-state index contributed by atoms with van der Waals surface area (Å²) in [4.78, 5) is 24.1. The molecule has 2 aromatic carbocycles. The van der Waals surface area contributed by atoms with Crippen molar-refractivity contribution in [3.8, 4) is 5.75 Å². The van der Waals surface area contributed by atoms with E-state index >= 15 is 0 Å². The van der Waals surface area contributed by atoms with Gasteiger partial charge in [0.2, 0.25) is 10.0 Å². The van der Waals surface area contributed by atoms with Gasteiger partial charge in [-0.15, -0.1) is 0 Å². The van der Waals surface area contributed by atoms with E-state index in [1.165, 1.54) is 19.2 Å². The fourth-order valence-electron chi connectivity index (χ4n) is 2.48. The Labute approximate surface area is 170 Å². The van der Waals surface area contributed by atoms with Crippen LogP contribution in [0.5, 0.6) is 5.75 Å². The van der Waals surface area contributed by atoms with Crippen molar-refractivity contribution in [2.24, 2.45) is 5.14 Å². The Morgan fingerprint density at radius 3 is 2.21 bits per heavy atom. The number of rotatable bonds is 6. The first kappa shape index (κ1) is 22.4. The van der Waals surface area contributed by atoms with Crippen molar-refractivity contribution in [1.29, 1.82) is 0 Å². The quantitative estimate of drug-likeness (QED) is 0.692. The monoisotopic (exact) mass is 420 g/mol. The zero-order chi connectivity index (χ0) is 21.8. The molecule has 2 rings (SSSR count). The largest absolute Gasteiger partial charge is 0.496 e. The zero-order valence-electron chi connectivity index (χ0n) is 16.7. The molecule has 0 aromatic heterocycles. The first-order valence-electron chi connectivity index (χ1n) is 8.70. The lowest BCUT2D eigenvalue weighted by Gasteiger charge is -2.19. The number of nitrogens with one attached hydrogen (secondary N) is 1. The summed E-state index contributed by atoms with van der Waals surface area (Å²) in [5.74, 6) is -1.35. The summed E-state index contributed by atoms with van der Waals surface area (Å²) >= 11 is 0. The Hall–Kier alpha value is -2.91. The summed E-state index contributed by atoms with van der Waals surface area (Å²) in [6.45, 7) is 5.69. The van der Waals surface area contributed by atoms with E-state index in [-0.39, 0.29) is 21.6 Å². The molecular weight excluding hydrogens is 396 g/mol. The average molecular weight is 420 g/mol. The van der Waals surface area contributed by atoms with E-state index in [0.29, 0.717) is 5.69 Å². The number of hydrogen-bond acceptors (Lipinski definition) is 6. The molecule has 0 aliphatic heterocycles. The number of nitrogens with two attached hydrogens (primary N) is 1. The van der Waals surface area contributed by atoms with Crippen molar-refractivity contribution >= 4 is 27.6 Å². The molecule has 0 spiro atoms. The van der Waals surface area contributed by atoms with Crippen LogP contribution in [0.4, 0.5) is 5.69 Å². The maximum atomic E-state index is 12.3. The van der Waals surface area contributed by atoms with E-state index in [1.807, 2.05) is 12.1 Å². The number of carbonyl (C=O) groups is 2. The Morgan fingerprint density at radius 2 is 1.69 bits per heavy atom. The second-order valence-corrected chi connectivity index (χ2v) is 8.92. The lowest BCUT2D eigenvalue weighted by Crippen LogP contribution is -2.21. The molecule has 2 aromatic rings. The van der Waals surface area contributed by atoms with E-state index in [2.05, 4.69) is 26.1 Å². The SMILES string of the molecule is COc1ccc(S(N)(=O)=O)cc1C(=O)OCC(=O)Nc1ccc(C(C)(C)C)cc1. The molecule has 0 aliphatic carbocycles. The van der Waals surface area contributed by atoms with Crippen LogP contribution in [0, 0.1) is 0 Å². The zero-order valence-corrected chi connectivity index (χ0v) is 17.5. The first-order valence-corrected chi connectivity index (χ1v) is 10.2. The summed E-state index contributed by atoms with van der Waals surface area (Å²) in [7, 11) is -2.70. The average Bonchev–Trinajstić information content (AvgIpc) is 2.64. The van der Waals surface area contributed by atoms with Gasteiger partial charge in [-0.2, -0.15) is 0 Å². The van der Waals surface area contributed by atoms with E-state index in [9.17, 15) is 18.0 Å². The van der Waals surface area contributed by atoms with Crippen molar-refractivity contribution in [3.63, 3.8) is 0 Å². The van der Waals surface area contributed by atoms with Gasteiger partial charge in [-0.1, -0.05) is 32.9 Å². The van der Waals surface area contributed by atoms with Crippen LogP contribution in [-0.4, -0.2) is 34.0 Å². The topological polar surface area (TPSA) is 125 Å². The summed E-state index contributed by atoms with van der Waals surface area (Å²) < 4.78 is 33.0. The number of ether oxygens (including phenoxy) is 2. The second-order valence-electron chi connectivity index (χ2n) is 7.36. The van der Waals surface area contributed by atoms with Crippen molar-refractivity contribution in [2.45, 2.75) is 31.1 Å². The minimum Gasteiger partial charge on any atom is -0.496 e. The van der Waals surface area contributed by atoms with Gasteiger partial charge < -0.3 is 14.8 Å². The molecular formula is C20H24N2O6S. The van der Waals surface area contributed by atoms with E-state index in [1.54, 1.807) is 12.1 Å². The molecule has 0 saturated carbocycles. The molecule has 9 heteroatoms. The highest BCUT2D eigenvalue weighted by atomic mass is 32.2. The number of carbonyl (C=O) groups excluding carboxylic acids is 2. The van der Waals surface area contributed by atoms with Crippen LogP contribution in [0.2, 0.25) is 0 Å². The third-order valence-corrected chi connectivity index (χ3v) is 5.00. The molecule has 0 aliphatic rings. The van der Waals surface area contributed by atoms with Crippen LogP contribution in [0.15, 0.2) is 47.4 Å². The Bertz CT molecular complexity index is 1010. The Morgan fingerprint density at radius 1 is 1.07 bits per heavy atom. The van der Waals surface area contributed by atoms with E-state index in [0.717, 1.165) is 11.6 Å². The summed E-state index contributed by atoms with van der Waals surface area (Å²) in [6, 6.07) is 10.9. The highest BCUT2D eigenvalue weighted by Crippen LogP contribution is 2.24. The van der Waals surface area contributed by atoms with Crippen LogP contribution in [0.25, 0.3) is 0 Å². The normalized spacial score (nSPS) is 11.6. The molecule has 8 nitrogen and oxygen atoms in total. The van der Waals surface area contributed by atoms with Crippen LogP contribution in [0.3, 0.4) is 0 Å². The Kier molecular flexibility index (Phi) is 6.66. The molecule has 0 unspecified atom stereocenters. The molecule has 0 atom stereocenters. The minimum atomic E-state index is -4.01. The Balaban J connectivity index is 2.04. The van der Waals surface area contributed by atoms with Crippen LogP contribution in [0.1, 0.15) is 36.7 Å². The third kappa shape index (κ3) is 6.03. The third-order valence-electron chi connectivity index (χ3n) is 4.09. The fraction of sp³-hybridized carbons (Fsp3) is 0.300. The molecule has 0 radical (unpaired) electrons. The van der Waals surface area contributed by atoms with Crippen molar-refractivity contribution in [1.82, 2.24) is 0 Å². The molecule has 3 N–H and O–H groups in total. The van der Waals surface area contributed by atoms with E-state index in [4.69, 9.17) is 14.6 Å². The molecule has 29 heavy (non-hydrogen) atoms. The van der Waals surface area contributed by atoms with Crippen molar-refractivity contribution < 1.29 is 27.5 Å². The van der Waals surface area contributed by atoms with Gasteiger partial charge in [-0.3, -0.25) is 4.79 Å². The van der Waals surface area contributed by atoms with E-state index < -0.39 is 28.5 Å². The van der Waals surface area contributed by atoms with Gasteiger partial charge in [0, 0.05) is 5.69 Å². The van der Waals surface area contributed by atoms with Gasteiger partial charge in [0.1, 0.15) is 11.3 Å². The second kappa shape index (κ2) is 8.62. The van der Waals surface area contributed by atoms with Gasteiger partial charge in [0.05, 0.1) is 12.0 Å². The van der Waals surface area contributed by atoms with Crippen molar-refractivity contribution in [3.05, 3.63) is 53.6 Å². The van der Waals surface area contributed by atoms with Gasteiger partial charge in [0.15, 0.2) is 6.61 Å². The van der Waals surface area contributed by atoms with Gasteiger partial charge in [0.25, 0.3) is 5.91 Å². The number of methoxy groups -OCH3 is 1. The lowest BCUT2D eigenvalue weighted by molar-refractivity contribution is -0.119. The predicted octanol–water partition coefficient (Wildman–Crippen LogP) is 2.44. The lowest BCUT2D eigenvalue weighted by atomic mass is 9.87. The standard InChI is InChI=1S/C20H24N2O6S/c1-20(2,3)13-5-7-14(8-6-13)22-18(23)12-28-19(24)16-11-15(29(21,25)26)9-10-17(16)27-4/h5-11H,12H2,1-4H3,(H,22,23)(H2,21,25,26). The van der Waals surface area contributed by atoms with Gasteiger partial charge in [-0.05, 0) is 41.3 Å². The highest BCUT2D eigenvalue weighted by Gasteiger charge is 2.19. The molecule has 0 saturated heterocycles. The maximum Gasteiger partial charge on any atom is 0.342 e. The molecule has 1 amide bonds. The number of anilines is 1. The molecule has 156 valence electrons. The number of hydrogen-bond donors (Lipinski definition) is 2. The van der Waals surface area contributed by atoms with Gasteiger partial charge in [-0.25, -0.2) is 18.4 Å². The predicted molar refractivity (Wildman–Crippen MR) is 108 cm³/mol. The van der Waals surface area contributed by atoms with Crippen molar-refractivity contribution in [2.75, 3.05) is 19.0 Å². The van der Waals surface area contributed by atoms with Crippen LogP contribution in [-0.2, 0) is 25.0 Å². The molecule has 0 bridgehead atoms. The number of esters is 1. The number of benzene rings is 2. The maximum absolute atomic E-state index is 12.3. The summed E-state index contributed by atoms with van der Waals surface area (Å²) in [5.41, 5.74) is 1.51. The number of primary sulfonamides is 1. The molecule has 0 fully saturated rings. The summed E-state index contributed by atoms with van der Waals surface area (Å²) in [6.07, 6.45) is 0. The number of sulfonamides is 1. The van der Waals surface area contributed by atoms with Crippen LogP contribution < -0.4 is 15.2 Å². The molecule has 0 heterocycles. The minimum absolute atomic E-state index is 0.0112.